The van der Waals surface area contributed by atoms with E-state index < -0.39 is 17.5 Å². The monoisotopic (exact) mass is 183 g/mol. The molecule has 1 heterocycles. The maximum atomic E-state index is 12.3. The molecule has 0 bridgehead atoms. The molecule has 0 amide bonds. The number of nitrogens with two attached hydrogens (primary N) is 1. The Labute approximate surface area is 68.9 Å². The molecule has 1 saturated heterocycles. The van der Waals surface area contributed by atoms with E-state index in [1.807, 2.05) is 0 Å². The zero-order chi connectivity index (χ0) is 9.41. The van der Waals surface area contributed by atoms with E-state index in [9.17, 15) is 13.2 Å². The van der Waals surface area contributed by atoms with Crippen molar-refractivity contribution in [2.24, 2.45) is 17.1 Å². The van der Waals surface area contributed by atoms with Gasteiger partial charge in [-0.15, -0.1) is 0 Å². The van der Waals surface area contributed by atoms with E-state index >= 15 is 0 Å². The number of rotatable bonds is 2. The molecule has 12 heavy (non-hydrogen) atoms. The lowest BCUT2D eigenvalue weighted by atomic mass is 9.75. The summed E-state index contributed by atoms with van der Waals surface area (Å²) in [5, 5.41) is 0. The largest absolute Gasteiger partial charge is 0.393 e. The highest BCUT2D eigenvalue weighted by Gasteiger charge is 2.53. The quantitative estimate of drug-likeness (QED) is 0.697. The molecule has 2 N–H and O–H groups in total. The van der Waals surface area contributed by atoms with Gasteiger partial charge in [-0.2, -0.15) is 13.2 Å². The fourth-order valence-electron chi connectivity index (χ4n) is 1.44. The highest BCUT2D eigenvalue weighted by molar-refractivity contribution is 4.92. The van der Waals surface area contributed by atoms with Gasteiger partial charge in [-0.05, 0) is 0 Å². The van der Waals surface area contributed by atoms with Gasteiger partial charge in [0.05, 0.1) is 19.1 Å². The van der Waals surface area contributed by atoms with Crippen molar-refractivity contribution in [1.82, 2.24) is 0 Å². The summed E-state index contributed by atoms with van der Waals surface area (Å²) in [7, 11) is 0. The molecular weight excluding hydrogens is 171 g/mol. The third-order valence-corrected chi connectivity index (χ3v) is 2.34. The van der Waals surface area contributed by atoms with Crippen LogP contribution in [0.15, 0.2) is 0 Å². The molecule has 1 fully saturated rings. The predicted molar refractivity (Wildman–Crippen MR) is 37.5 cm³/mol. The fraction of sp³-hybridized carbons (Fsp3) is 1.00. The van der Waals surface area contributed by atoms with Gasteiger partial charge in [0.15, 0.2) is 0 Å². The van der Waals surface area contributed by atoms with Crippen LogP contribution in [0.2, 0.25) is 0 Å². The average molecular weight is 183 g/mol. The van der Waals surface area contributed by atoms with Gasteiger partial charge < -0.3 is 10.5 Å². The van der Waals surface area contributed by atoms with Crippen molar-refractivity contribution in [3.05, 3.63) is 0 Å². The van der Waals surface area contributed by atoms with Gasteiger partial charge in [0.25, 0.3) is 0 Å². The van der Waals surface area contributed by atoms with Gasteiger partial charge in [0.1, 0.15) is 0 Å². The lowest BCUT2D eigenvalue weighted by molar-refractivity contribution is -0.249. The molecule has 0 aromatic rings. The third kappa shape index (κ3) is 1.56. The van der Waals surface area contributed by atoms with Crippen LogP contribution in [-0.2, 0) is 4.74 Å². The Kier molecular flexibility index (Phi) is 2.35. The number of halogens is 3. The average Bonchev–Trinajstić information content (AvgIpc) is 1.82. The van der Waals surface area contributed by atoms with Crippen molar-refractivity contribution < 1.29 is 17.9 Å². The molecule has 0 spiro atoms. The molecule has 1 atom stereocenters. The maximum Gasteiger partial charge on any atom is 0.393 e. The lowest BCUT2D eigenvalue weighted by Gasteiger charge is -2.44. The third-order valence-electron chi connectivity index (χ3n) is 2.34. The van der Waals surface area contributed by atoms with Gasteiger partial charge >= 0.3 is 6.18 Å². The first-order valence-electron chi connectivity index (χ1n) is 3.75. The van der Waals surface area contributed by atoms with Crippen molar-refractivity contribution in [2.45, 2.75) is 13.1 Å². The number of ether oxygens (including phenoxy) is 1. The minimum atomic E-state index is -4.20. The van der Waals surface area contributed by atoms with Gasteiger partial charge in [-0.3, -0.25) is 0 Å². The van der Waals surface area contributed by atoms with Crippen LogP contribution in [0.4, 0.5) is 13.2 Å². The summed E-state index contributed by atoms with van der Waals surface area (Å²) in [5.74, 6) is -1.43. The molecular formula is C7H12F3NO. The van der Waals surface area contributed by atoms with Gasteiger partial charge in [0, 0.05) is 12.0 Å². The molecule has 5 heteroatoms. The van der Waals surface area contributed by atoms with E-state index in [1.165, 1.54) is 0 Å². The summed E-state index contributed by atoms with van der Waals surface area (Å²) in [6, 6.07) is 0. The zero-order valence-electron chi connectivity index (χ0n) is 6.82. The van der Waals surface area contributed by atoms with E-state index in [4.69, 9.17) is 10.5 Å². The SMILES string of the molecule is CC1(C(CN)C(F)(F)F)COC1. The molecule has 0 saturated carbocycles. The Morgan fingerprint density at radius 2 is 2.00 bits per heavy atom. The van der Waals surface area contributed by atoms with Crippen LogP contribution >= 0.6 is 0 Å². The highest BCUT2D eigenvalue weighted by atomic mass is 19.4. The van der Waals surface area contributed by atoms with Crippen molar-refractivity contribution in [3.63, 3.8) is 0 Å². The van der Waals surface area contributed by atoms with Crippen molar-refractivity contribution in [3.8, 4) is 0 Å². The molecule has 72 valence electrons. The first-order chi connectivity index (χ1) is 5.40. The lowest BCUT2D eigenvalue weighted by Crippen LogP contribution is -2.53. The smallest absolute Gasteiger partial charge is 0.380 e. The topological polar surface area (TPSA) is 35.2 Å². The number of alkyl halides is 3. The van der Waals surface area contributed by atoms with E-state index in [2.05, 4.69) is 0 Å². The van der Waals surface area contributed by atoms with Crippen molar-refractivity contribution in [1.29, 1.82) is 0 Å². The van der Waals surface area contributed by atoms with Crippen LogP contribution in [0.1, 0.15) is 6.92 Å². The summed E-state index contributed by atoms with van der Waals surface area (Å²) in [6.07, 6.45) is -4.20. The van der Waals surface area contributed by atoms with Crippen LogP contribution in [0.25, 0.3) is 0 Å². The van der Waals surface area contributed by atoms with Crippen molar-refractivity contribution >= 4 is 0 Å². The minimum Gasteiger partial charge on any atom is -0.380 e. The van der Waals surface area contributed by atoms with E-state index in [0.717, 1.165) is 0 Å². The Hall–Kier alpha value is -0.290. The first kappa shape index (κ1) is 9.80. The van der Waals surface area contributed by atoms with Gasteiger partial charge in [-0.1, -0.05) is 6.92 Å². The van der Waals surface area contributed by atoms with Crippen molar-refractivity contribution in [2.75, 3.05) is 19.8 Å². The van der Waals surface area contributed by atoms with Gasteiger partial charge in [-0.25, -0.2) is 0 Å². The Balaban J connectivity index is 2.68. The summed E-state index contributed by atoms with van der Waals surface area (Å²) >= 11 is 0. The Morgan fingerprint density at radius 3 is 2.08 bits per heavy atom. The molecule has 1 rings (SSSR count). The standard InChI is InChI=1S/C7H12F3NO/c1-6(3-12-4-6)5(2-11)7(8,9)10/h5H,2-4,11H2,1H3. The molecule has 0 aliphatic carbocycles. The van der Waals surface area contributed by atoms with E-state index in [-0.39, 0.29) is 19.8 Å². The maximum absolute atomic E-state index is 12.3. The zero-order valence-corrected chi connectivity index (χ0v) is 6.82. The molecule has 0 aromatic carbocycles. The summed E-state index contributed by atoms with van der Waals surface area (Å²) in [6.45, 7) is 1.52. The van der Waals surface area contributed by atoms with Gasteiger partial charge in [0.2, 0.25) is 0 Å². The van der Waals surface area contributed by atoms with Crippen LogP contribution < -0.4 is 5.73 Å². The molecule has 1 aliphatic rings. The second kappa shape index (κ2) is 2.88. The molecule has 2 nitrogen and oxygen atoms in total. The second-order valence-electron chi connectivity index (χ2n) is 3.48. The van der Waals surface area contributed by atoms with E-state index in [1.54, 1.807) is 6.92 Å². The summed E-state index contributed by atoms with van der Waals surface area (Å²) in [5.41, 5.74) is 4.28. The Morgan fingerprint density at radius 1 is 1.50 bits per heavy atom. The first-order valence-corrected chi connectivity index (χ1v) is 3.75. The normalized spacial score (nSPS) is 24.8. The summed E-state index contributed by atoms with van der Waals surface area (Å²) < 4.78 is 41.7. The number of hydrogen-bond donors (Lipinski definition) is 1. The highest BCUT2D eigenvalue weighted by Crippen LogP contribution is 2.43. The minimum absolute atomic E-state index is 0.161. The molecule has 0 aromatic heterocycles. The molecule has 1 aliphatic heterocycles. The molecule has 0 radical (unpaired) electrons. The van der Waals surface area contributed by atoms with Crippen LogP contribution in [0.3, 0.4) is 0 Å². The second-order valence-corrected chi connectivity index (χ2v) is 3.48. The van der Waals surface area contributed by atoms with E-state index in [0.29, 0.717) is 0 Å². The predicted octanol–water partition coefficient (Wildman–Crippen LogP) is 1.16. The number of hydrogen-bond acceptors (Lipinski definition) is 2. The fourth-order valence-corrected chi connectivity index (χ4v) is 1.44. The Bertz CT molecular complexity index is 165. The summed E-state index contributed by atoms with van der Waals surface area (Å²) in [4.78, 5) is 0. The van der Waals surface area contributed by atoms with Crippen LogP contribution in [-0.4, -0.2) is 25.9 Å². The van der Waals surface area contributed by atoms with Crippen LogP contribution in [0, 0.1) is 11.3 Å². The molecule has 1 unspecified atom stereocenters. The van der Waals surface area contributed by atoms with Crippen LogP contribution in [0.5, 0.6) is 0 Å².